The van der Waals surface area contributed by atoms with Gasteiger partial charge in [-0.2, -0.15) is 0 Å². The molecule has 1 saturated carbocycles. The van der Waals surface area contributed by atoms with Crippen molar-refractivity contribution >= 4 is 29.9 Å². The first-order valence-corrected chi connectivity index (χ1v) is 7.87. The van der Waals surface area contributed by atoms with Crippen molar-refractivity contribution in [1.29, 1.82) is 0 Å². The Morgan fingerprint density at radius 1 is 1.35 bits per heavy atom. The van der Waals surface area contributed by atoms with Gasteiger partial charge in [-0.3, -0.25) is 4.99 Å². The summed E-state index contributed by atoms with van der Waals surface area (Å²) >= 11 is 0. The fraction of sp³-hybridized carbons (Fsp3) is 0.625. The van der Waals surface area contributed by atoms with Crippen molar-refractivity contribution in [2.45, 2.75) is 38.3 Å². The van der Waals surface area contributed by atoms with Gasteiger partial charge in [0.15, 0.2) is 5.96 Å². The van der Waals surface area contributed by atoms with Crippen LogP contribution in [0.2, 0.25) is 0 Å². The lowest BCUT2D eigenvalue weighted by molar-refractivity contribution is 0.199. The number of aromatic nitrogens is 1. The molecule has 0 radical (unpaired) electrons. The molecular formula is C16H27IN4O2. The zero-order chi connectivity index (χ0) is 15.6. The van der Waals surface area contributed by atoms with Gasteiger partial charge in [0.2, 0.25) is 5.88 Å². The molecule has 0 saturated heterocycles. The number of hydrogen-bond acceptors (Lipinski definition) is 4. The van der Waals surface area contributed by atoms with E-state index >= 15 is 0 Å². The molecule has 1 aliphatic carbocycles. The van der Waals surface area contributed by atoms with Gasteiger partial charge in [-0.05, 0) is 31.7 Å². The third kappa shape index (κ3) is 6.90. The molecule has 2 N–H and O–H groups in total. The van der Waals surface area contributed by atoms with Crippen LogP contribution < -0.4 is 15.4 Å². The molecule has 1 aromatic heterocycles. The van der Waals surface area contributed by atoms with Gasteiger partial charge in [0.25, 0.3) is 0 Å². The van der Waals surface area contributed by atoms with Crippen molar-refractivity contribution in [2.75, 3.05) is 27.3 Å². The summed E-state index contributed by atoms with van der Waals surface area (Å²) in [6.45, 7) is 1.99. The molecule has 130 valence electrons. The van der Waals surface area contributed by atoms with Crippen LogP contribution in [0.15, 0.2) is 23.3 Å². The smallest absolute Gasteiger partial charge is 0.218 e. The average molecular weight is 434 g/mol. The first-order valence-electron chi connectivity index (χ1n) is 7.87. The summed E-state index contributed by atoms with van der Waals surface area (Å²) in [4.78, 5) is 8.56. The van der Waals surface area contributed by atoms with Crippen LogP contribution in [0.1, 0.15) is 31.2 Å². The summed E-state index contributed by atoms with van der Waals surface area (Å²) < 4.78 is 11.1. The SMILES string of the molecule is CN=C(NCCOC)NCc1cccnc1OC1CCCC1.I. The maximum atomic E-state index is 6.04. The fourth-order valence-corrected chi connectivity index (χ4v) is 2.50. The molecule has 0 aromatic carbocycles. The van der Waals surface area contributed by atoms with Gasteiger partial charge in [-0.15, -0.1) is 24.0 Å². The van der Waals surface area contributed by atoms with Crippen molar-refractivity contribution in [3.8, 4) is 5.88 Å². The van der Waals surface area contributed by atoms with Gasteiger partial charge in [0.1, 0.15) is 6.10 Å². The lowest BCUT2D eigenvalue weighted by atomic mass is 10.2. The lowest BCUT2D eigenvalue weighted by Crippen LogP contribution is -2.38. The van der Waals surface area contributed by atoms with E-state index in [0.29, 0.717) is 25.8 Å². The van der Waals surface area contributed by atoms with Crippen molar-refractivity contribution in [1.82, 2.24) is 15.6 Å². The molecule has 0 aliphatic heterocycles. The lowest BCUT2D eigenvalue weighted by Gasteiger charge is -2.16. The number of halogens is 1. The highest BCUT2D eigenvalue weighted by Gasteiger charge is 2.18. The molecule has 1 aromatic rings. The summed E-state index contributed by atoms with van der Waals surface area (Å²) in [6, 6.07) is 3.96. The Hall–Kier alpha value is -1.09. The van der Waals surface area contributed by atoms with E-state index in [1.807, 2.05) is 12.1 Å². The molecular weight excluding hydrogens is 407 g/mol. The number of nitrogens with one attached hydrogen (secondary N) is 2. The van der Waals surface area contributed by atoms with Crippen LogP contribution in [0.25, 0.3) is 0 Å². The van der Waals surface area contributed by atoms with Gasteiger partial charge < -0.3 is 20.1 Å². The molecule has 0 atom stereocenters. The highest BCUT2D eigenvalue weighted by molar-refractivity contribution is 14.0. The summed E-state index contributed by atoms with van der Waals surface area (Å²) in [5.74, 6) is 1.47. The van der Waals surface area contributed by atoms with Crippen LogP contribution in [-0.2, 0) is 11.3 Å². The molecule has 0 unspecified atom stereocenters. The Balaban J connectivity index is 0.00000264. The number of aliphatic imine (C=N–C) groups is 1. The Kier molecular flexibility index (Phi) is 9.93. The molecule has 0 spiro atoms. The van der Waals surface area contributed by atoms with Crippen molar-refractivity contribution in [3.05, 3.63) is 23.9 Å². The van der Waals surface area contributed by atoms with Gasteiger partial charge in [0, 0.05) is 39.0 Å². The number of ether oxygens (including phenoxy) is 2. The van der Waals surface area contributed by atoms with E-state index in [2.05, 4.69) is 20.6 Å². The second-order valence-electron chi connectivity index (χ2n) is 5.34. The van der Waals surface area contributed by atoms with Crippen LogP contribution in [0.4, 0.5) is 0 Å². The van der Waals surface area contributed by atoms with Crippen LogP contribution in [0, 0.1) is 0 Å². The molecule has 6 nitrogen and oxygen atoms in total. The maximum Gasteiger partial charge on any atom is 0.218 e. The van der Waals surface area contributed by atoms with Gasteiger partial charge in [-0.25, -0.2) is 4.98 Å². The Morgan fingerprint density at radius 3 is 2.83 bits per heavy atom. The van der Waals surface area contributed by atoms with Gasteiger partial charge in [-0.1, -0.05) is 6.07 Å². The van der Waals surface area contributed by atoms with E-state index in [4.69, 9.17) is 9.47 Å². The summed E-state index contributed by atoms with van der Waals surface area (Å²) in [7, 11) is 3.43. The highest BCUT2D eigenvalue weighted by atomic mass is 127. The van der Waals surface area contributed by atoms with Crippen molar-refractivity contribution in [3.63, 3.8) is 0 Å². The van der Waals surface area contributed by atoms with E-state index < -0.39 is 0 Å². The Morgan fingerprint density at radius 2 is 2.13 bits per heavy atom. The minimum absolute atomic E-state index is 0. The van der Waals surface area contributed by atoms with Gasteiger partial charge in [0.05, 0.1) is 6.61 Å². The van der Waals surface area contributed by atoms with E-state index in [-0.39, 0.29) is 24.0 Å². The number of nitrogens with zero attached hydrogens (tertiary/aromatic N) is 2. The molecule has 1 aliphatic rings. The minimum atomic E-state index is 0. The van der Waals surface area contributed by atoms with E-state index in [1.165, 1.54) is 12.8 Å². The first kappa shape index (κ1) is 20.0. The second kappa shape index (κ2) is 11.4. The average Bonchev–Trinajstić information content (AvgIpc) is 3.05. The number of pyridine rings is 1. The van der Waals surface area contributed by atoms with Crippen LogP contribution >= 0.6 is 24.0 Å². The van der Waals surface area contributed by atoms with Crippen LogP contribution in [-0.4, -0.2) is 44.4 Å². The molecule has 2 rings (SSSR count). The normalized spacial score (nSPS) is 15.1. The number of methoxy groups -OCH3 is 1. The van der Waals surface area contributed by atoms with Crippen LogP contribution in [0.3, 0.4) is 0 Å². The number of guanidine groups is 1. The van der Waals surface area contributed by atoms with Gasteiger partial charge >= 0.3 is 0 Å². The summed E-state index contributed by atoms with van der Waals surface area (Å²) in [5.41, 5.74) is 1.05. The maximum absolute atomic E-state index is 6.04. The van der Waals surface area contributed by atoms with Crippen molar-refractivity contribution in [2.24, 2.45) is 4.99 Å². The Labute approximate surface area is 155 Å². The van der Waals surface area contributed by atoms with E-state index in [1.54, 1.807) is 20.4 Å². The monoisotopic (exact) mass is 434 g/mol. The predicted molar refractivity (Wildman–Crippen MR) is 103 cm³/mol. The van der Waals surface area contributed by atoms with E-state index in [0.717, 1.165) is 30.2 Å². The minimum Gasteiger partial charge on any atom is -0.474 e. The van der Waals surface area contributed by atoms with Crippen molar-refractivity contribution < 1.29 is 9.47 Å². The number of hydrogen-bond donors (Lipinski definition) is 2. The molecule has 0 bridgehead atoms. The summed E-state index contributed by atoms with van der Waals surface area (Å²) in [5, 5.41) is 6.46. The second-order valence-corrected chi connectivity index (χ2v) is 5.34. The topological polar surface area (TPSA) is 67.8 Å². The summed E-state index contributed by atoms with van der Waals surface area (Å²) in [6.07, 6.45) is 6.85. The van der Waals surface area contributed by atoms with E-state index in [9.17, 15) is 0 Å². The molecule has 23 heavy (non-hydrogen) atoms. The molecule has 0 amide bonds. The molecule has 1 fully saturated rings. The molecule has 7 heteroatoms. The van der Waals surface area contributed by atoms with Crippen LogP contribution in [0.5, 0.6) is 5.88 Å². The quantitative estimate of drug-likeness (QED) is 0.299. The first-order chi connectivity index (χ1) is 10.8. The third-order valence-electron chi connectivity index (χ3n) is 3.70. The number of rotatable bonds is 7. The molecule has 1 heterocycles. The predicted octanol–water partition coefficient (Wildman–Crippen LogP) is 2.33. The standard InChI is InChI=1S/C16H26N4O2.HI/c1-17-16(19-10-11-21-2)20-12-13-6-5-9-18-15(13)22-14-7-3-4-8-14;/h5-6,9,14H,3-4,7-8,10-12H2,1-2H3,(H2,17,19,20);1H. The fourth-order valence-electron chi connectivity index (χ4n) is 2.50. The largest absolute Gasteiger partial charge is 0.474 e. The zero-order valence-corrected chi connectivity index (χ0v) is 16.2. The third-order valence-corrected chi connectivity index (χ3v) is 3.70. The zero-order valence-electron chi connectivity index (χ0n) is 13.9. The Bertz CT molecular complexity index is 479. The highest BCUT2D eigenvalue weighted by Crippen LogP contribution is 2.24.